The van der Waals surface area contributed by atoms with Crippen LogP contribution in [-0.4, -0.2) is 22.5 Å². The van der Waals surface area contributed by atoms with Gasteiger partial charge in [-0.05, 0) is 6.92 Å². The van der Waals surface area contributed by atoms with Crippen LogP contribution in [0, 0.1) is 10.1 Å². The molecule has 0 aliphatic rings. The number of halogens is 3. The SMILES string of the molecule is CCOC(=O)Cc1c(Cl)ncc([N+](=O)[O-])c1C(F)F. The smallest absolute Gasteiger partial charge is 0.310 e. The zero-order valence-corrected chi connectivity index (χ0v) is 10.5. The summed E-state index contributed by atoms with van der Waals surface area (Å²) in [5.74, 6) is -0.811. The molecule has 1 rings (SSSR count). The second-order valence-electron chi connectivity index (χ2n) is 3.37. The van der Waals surface area contributed by atoms with Crippen LogP contribution >= 0.6 is 11.6 Å². The normalized spacial score (nSPS) is 10.6. The van der Waals surface area contributed by atoms with Gasteiger partial charge in [0.05, 0.1) is 18.0 Å². The van der Waals surface area contributed by atoms with E-state index in [4.69, 9.17) is 11.6 Å². The summed E-state index contributed by atoms with van der Waals surface area (Å²) in [4.78, 5) is 24.4. The highest BCUT2D eigenvalue weighted by molar-refractivity contribution is 6.30. The monoisotopic (exact) mass is 294 g/mol. The van der Waals surface area contributed by atoms with Crippen LogP contribution in [0.5, 0.6) is 0 Å². The van der Waals surface area contributed by atoms with Gasteiger partial charge in [-0.1, -0.05) is 11.6 Å². The first-order valence-electron chi connectivity index (χ1n) is 5.13. The number of pyridine rings is 1. The van der Waals surface area contributed by atoms with E-state index in [9.17, 15) is 23.7 Å². The lowest BCUT2D eigenvalue weighted by Crippen LogP contribution is -2.12. The van der Waals surface area contributed by atoms with Crippen LogP contribution in [0.2, 0.25) is 5.15 Å². The Morgan fingerprint density at radius 1 is 1.63 bits per heavy atom. The fourth-order valence-electron chi connectivity index (χ4n) is 1.44. The summed E-state index contributed by atoms with van der Waals surface area (Å²) in [6.45, 7) is 1.60. The van der Waals surface area contributed by atoms with Gasteiger partial charge in [0.1, 0.15) is 16.9 Å². The Morgan fingerprint density at radius 3 is 2.74 bits per heavy atom. The largest absolute Gasteiger partial charge is 0.466 e. The molecule has 0 spiro atoms. The number of aromatic nitrogens is 1. The van der Waals surface area contributed by atoms with E-state index in [2.05, 4.69) is 9.72 Å². The molecule has 0 atom stereocenters. The molecule has 1 aromatic rings. The minimum absolute atomic E-state index is 0.0584. The third kappa shape index (κ3) is 3.57. The molecular formula is C10H9ClF2N2O4. The minimum Gasteiger partial charge on any atom is -0.466 e. The topological polar surface area (TPSA) is 82.3 Å². The molecule has 104 valence electrons. The van der Waals surface area contributed by atoms with Crippen LogP contribution < -0.4 is 0 Å². The minimum atomic E-state index is -3.15. The number of carbonyl (C=O) groups is 1. The fourth-order valence-corrected chi connectivity index (χ4v) is 1.66. The molecule has 0 unspecified atom stereocenters. The number of esters is 1. The van der Waals surface area contributed by atoms with E-state index < -0.39 is 35.0 Å². The maximum absolute atomic E-state index is 12.9. The molecule has 0 amide bonds. The molecule has 0 aliphatic heterocycles. The summed E-state index contributed by atoms with van der Waals surface area (Å²) < 4.78 is 30.4. The highest BCUT2D eigenvalue weighted by atomic mass is 35.5. The summed E-state index contributed by atoms with van der Waals surface area (Å²) in [6.07, 6.45) is -3.11. The number of hydrogen-bond donors (Lipinski definition) is 0. The Hall–Kier alpha value is -1.83. The van der Waals surface area contributed by atoms with Crippen molar-refractivity contribution < 1.29 is 23.2 Å². The Bertz CT molecular complexity index is 511. The highest BCUT2D eigenvalue weighted by Crippen LogP contribution is 2.34. The second-order valence-corrected chi connectivity index (χ2v) is 3.72. The molecule has 6 nitrogen and oxygen atoms in total. The van der Waals surface area contributed by atoms with Gasteiger partial charge in [-0.25, -0.2) is 13.8 Å². The van der Waals surface area contributed by atoms with Gasteiger partial charge in [-0.3, -0.25) is 14.9 Å². The van der Waals surface area contributed by atoms with Crippen molar-refractivity contribution in [2.24, 2.45) is 0 Å². The summed E-state index contributed by atoms with van der Waals surface area (Å²) in [6, 6.07) is 0. The van der Waals surface area contributed by atoms with Gasteiger partial charge in [0.15, 0.2) is 0 Å². The van der Waals surface area contributed by atoms with Crippen molar-refractivity contribution in [3.63, 3.8) is 0 Å². The van der Waals surface area contributed by atoms with Crippen LogP contribution in [-0.2, 0) is 16.0 Å². The van der Waals surface area contributed by atoms with E-state index in [1.54, 1.807) is 6.92 Å². The lowest BCUT2D eigenvalue weighted by atomic mass is 10.1. The summed E-state index contributed by atoms with van der Waals surface area (Å²) >= 11 is 5.62. The molecule has 1 aromatic heterocycles. The zero-order chi connectivity index (χ0) is 14.6. The van der Waals surface area contributed by atoms with Crippen LogP contribution in [0.25, 0.3) is 0 Å². The second kappa shape index (κ2) is 6.37. The van der Waals surface area contributed by atoms with Crippen molar-refractivity contribution in [3.8, 4) is 0 Å². The molecule has 1 heterocycles. The number of nitrogens with zero attached hydrogens (tertiary/aromatic N) is 2. The van der Waals surface area contributed by atoms with E-state index in [-0.39, 0.29) is 17.3 Å². The van der Waals surface area contributed by atoms with Crippen molar-refractivity contribution >= 4 is 23.3 Å². The number of nitro groups is 1. The van der Waals surface area contributed by atoms with Crippen LogP contribution in [0.15, 0.2) is 6.20 Å². The highest BCUT2D eigenvalue weighted by Gasteiger charge is 2.29. The number of hydrogen-bond acceptors (Lipinski definition) is 5. The molecule has 0 saturated heterocycles. The molecule has 19 heavy (non-hydrogen) atoms. The van der Waals surface area contributed by atoms with Crippen LogP contribution in [0.1, 0.15) is 24.5 Å². The predicted octanol–water partition coefficient (Wildman–Crippen LogP) is 2.69. The van der Waals surface area contributed by atoms with Gasteiger partial charge in [0.2, 0.25) is 0 Å². The predicted molar refractivity (Wildman–Crippen MR) is 61.2 cm³/mol. The first kappa shape index (κ1) is 15.2. The third-order valence-electron chi connectivity index (χ3n) is 2.19. The van der Waals surface area contributed by atoms with Gasteiger partial charge in [0, 0.05) is 5.56 Å². The molecule has 0 aliphatic carbocycles. The van der Waals surface area contributed by atoms with Crippen molar-refractivity contribution in [2.75, 3.05) is 6.61 Å². The Balaban J connectivity index is 3.31. The quantitative estimate of drug-likeness (QED) is 0.361. The summed E-state index contributed by atoms with van der Waals surface area (Å²) in [7, 11) is 0. The average Bonchev–Trinajstić information content (AvgIpc) is 2.31. The van der Waals surface area contributed by atoms with E-state index in [0.717, 1.165) is 0 Å². The standard InChI is InChI=1S/C10H9ClF2N2O4/c1-2-19-7(16)3-5-8(10(12)13)6(15(17)18)4-14-9(5)11/h4,10H,2-3H2,1H3. The fraction of sp³-hybridized carbons (Fsp3) is 0.400. The maximum Gasteiger partial charge on any atom is 0.310 e. The van der Waals surface area contributed by atoms with Gasteiger partial charge in [-0.15, -0.1) is 0 Å². The molecule has 0 radical (unpaired) electrons. The summed E-state index contributed by atoms with van der Waals surface area (Å²) in [5, 5.41) is 10.3. The van der Waals surface area contributed by atoms with Gasteiger partial charge in [-0.2, -0.15) is 0 Å². The van der Waals surface area contributed by atoms with Gasteiger partial charge >= 0.3 is 5.97 Å². The van der Waals surface area contributed by atoms with Crippen molar-refractivity contribution in [1.82, 2.24) is 4.98 Å². The third-order valence-corrected chi connectivity index (χ3v) is 2.52. The van der Waals surface area contributed by atoms with E-state index >= 15 is 0 Å². The number of rotatable bonds is 5. The Kier molecular flexibility index (Phi) is 5.11. The van der Waals surface area contributed by atoms with E-state index in [1.807, 2.05) is 0 Å². The van der Waals surface area contributed by atoms with Crippen molar-refractivity contribution in [3.05, 3.63) is 32.6 Å². The number of alkyl halides is 2. The van der Waals surface area contributed by atoms with Crippen molar-refractivity contribution in [2.45, 2.75) is 19.8 Å². The molecule has 0 bridgehead atoms. The molecule has 0 saturated carbocycles. The van der Waals surface area contributed by atoms with Crippen LogP contribution in [0.3, 0.4) is 0 Å². The van der Waals surface area contributed by atoms with Crippen molar-refractivity contribution in [1.29, 1.82) is 0 Å². The number of ether oxygens (including phenoxy) is 1. The first-order chi connectivity index (χ1) is 8.88. The first-order valence-corrected chi connectivity index (χ1v) is 5.51. The molecule has 0 fully saturated rings. The molecule has 0 N–H and O–H groups in total. The van der Waals surface area contributed by atoms with Gasteiger partial charge < -0.3 is 4.74 Å². The Labute approximate surface area is 111 Å². The zero-order valence-electron chi connectivity index (χ0n) is 9.73. The summed E-state index contributed by atoms with van der Waals surface area (Å²) in [5.41, 5.74) is -2.17. The van der Waals surface area contributed by atoms with Crippen LogP contribution in [0.4, 0.5) is 14.5 Å². The van der Waals surface area contributed by atoms with E-state index in [0.29, 0.717) is 6.20 Å². The lowest BCUT2D eigenvalue weighted by Gasteiger charge is -2.10. The number of carbonyl (C=O) groups excluding carboxylic acids is 1. The average molecular weight is 295 g/mol. The molecular weight excluding hydrogens is 286 g/mol. The molecule has 9 heteroatoms. The maximum atomic E-state index is 12.9. The lowest BCUT2D eigenvalue weighted by molar-refractivity contribution is -0.386. The molecule has 0 aromatic carbocycles. The van der Waals surface area contributed by atoms with E-state index in [1.165, 1.54) is 0 Å². The Morgan fingerprint density at radius 2 is 2.26 bits per heavy atom. The van der Waals surface area contributed by atoms with Gasteiger partial charge in [0.25, 0.3) is 12.1 Å².